The molecule has 2 aromatic heterocycles. The summed E-state index contributed by atoms with van der Waals surface area (Å²) in [4.78, 5) is 22.0. The average molecular weight is 412 g/mol. The van der Waals surface area contributed by atoms with Gasteiger partial charge in [0.05, 0.1) is 12.3 Å². The molecular formula is C15H16N4O6S2. The summed E-state index contributed by atoms with van der Waals surface area (Å²) in [6.07, 6.45) is 1.94. The van der Waals surface area contributed by atoms with Crippen LogP contribution in [-0.4, -0.2) is 42.9 Å². The minimum absolute atomic E-state index is 0.138. The molecule has 3 rings (SSSR count). The van der Waals surface area contributed by atoms with Crippen LogP contribution in [-0.2, 0) is 14.8 Å². The Hall–Kier alpha value is -2.57. The highest BCUT2D eigenvalue weighted by molar-refractivity contribution is 7.91. The normalized spacial score (nSPS) is 16.6. The number of hydrogen-bond donors (Lipinski definition) is 1. The van der Waals surface area contributed by atoms with Gasteiger partial charge in [0.1, 0.15) is 9.13 Å². The molecule has 1 amide bonds. The minimum atomic E-state index is -3.50. The molecule has 10 nitrogen and oxygen atoms in total. The maximum absolute atomic E-state index is 12.5. The van der Waals surface area contributed by atoms with Crippen molar-refractivity contribution in [3.05, 3.63) is 45.5 Å². The lowest BCUT2D eigenvalue weighted by Gasteiger charge is -2.29. The third kappa shape index (κ3) is 4.40. The van der Waals surface area contributed by atoms with E-state index in [1.54, 1.807) is 17.5 Å². The number of hydrogen-bond acceptors (Lipinski definition) is 8. The van der Waals surface area contributed by atoms with Crippen molar-refractivity contribution in [2.45, 2.75) is 17.1 Å². The number of amides is 1. The number of rotatable bonds is 6. The zero-order valence-electron chi connectivity index (χ0n) is 14.0. The molecule has 1 saturated heterocycles. The first kappa shape index (κ1) is 19.2. The van der Waals surface area contributed by atoms with Crippen molar-refractivity contribution in [3.8, 4) is 0 Å². The summed E-state index contributed by atoms with van der Waals surface area (Å²) >= 11 is 1.16. The number of furan rings is 1. The first-order valence-electron chi connectivity index (χ1n) is 7.99. The van der Waals surface area contributed by atoms with E-state index in [2.05, 4.69) is 10.5 Å². The third-order valence-electron chi connectivity index (χ3n) is 4.07. The Bertz CT molecular complexity index is 943. The zero-order chi connectivity index (χ0) is 19.4. The fourth-order valence-electron chi connectivity index (χ4n) is 2.66. The van der Waals surface area contributed by atoms with Crippen LogP contribution in [0.5, 0.6) is 0 Å². The molecule has 3 heterocycles. The van der Waals surface area contributed by atoms with Gasteiger partial charge in [-0.1, -0.05) is 6.07 Å². The maximum atomic E-state index is 12.5. The van der Waals surface area contributed by atoms with Crippen LogP contribution in [0.2, 0.25) is 0 Å². The van der Waals surface area contributed by atoms with E-state index in [1.807, 2.05) is 0 Å². The van der Waals surface area contributed by atoms with Gasteiger partial charge in [-0.2, -0.15) is 9.41 Å². The van der Waals surface area contributed by atoms with Gasteiger partial charge < -0.3 is 4.42 Å². The smallest absolute Gasteiger partial charge is 0.400 e. The van der Waals surface area contributed by atoms with Crippen molar-refractivity contribution in [1.82, 2.24) is 9.73 Å². The molecule has 2 aromatic rings. The number of carbonyl (C=O) groups is 1. The second-order valence-corrected chi connectivity index (χ2v) is 8.89. The van der Waals surface area contributed by atoms with E-state index in [0.717, 1.165) is 11.3 Å². The largest absolute Gasteiger partial charge is 0.433 e. The fourth-order valence-corrected chi connectivity index (χ4v) is 5.27. The molecule has 1 aliphatic rings. The monoisotopic (exact) mass is 412 g/mol. The number of sulfonamides is 1. The van der Waals surface area contributed by atoms with E-state index in [4.69, 9.17) is 4.42 Å². The lowest BCUT2D eigenvalue weighted by molar-refractivity contribution is -0.402. The molecular weight excluding hydrogens is 396 g/mol. The zero-order valence-corrected chi connectivity index (χ0v) is 15.6. The average Bonchev–Trinajstić information content (AvgIpc) is 3.34. The predicted molar refractivity (Wildman–Crippen MR) is 96.9 cm³/mol. The minimum Gasteiger partial charge on any atom is -0.400 e. The molecule has 0 bridgehead atoms. The Morgan fingerprint density at radius 3 is 2.70 bits per heavy atom. The molecule has 1 aliphatic heterocycles. The number of hydrazone groups is 1. The second kappa shape index (κ2) is 7.98. The van der Waals surface area contributed by atoms with Crippen LogP contribution in [0.1, 0.15) is 18.6 Å². The molecule has 0 atom stereocenters. The lowest BCUT2D eigenvalue weighted by atomic mass is 9.98. The van der Waals surface area contributed by atoms with E-state index in [9.17, 15) is 23.3 Å². The summed E-state index contributed by atoms with van der Waals surface area (Å²) in [6.45, 7) is 0.513. The van der Waals surface area contributed by atoms with Gasteiger partial charge in [-0.3, -0.25) is 14.9 Å². The maximum Gasteiger partial charge on any atom is 0.433 e. The van der Waals surface area contributed by atoms with Crippen molar-refractivity contribution in [3.63, 3.8) is 0 Å². The van der Waals surface area contributed by atoms with Crippen molar-refractivity contribution >= 4 is 39.4 Å². The van der Waals surface area contributed by atoms with Gasteiger partial charge >= 0.3 is 5.88 Å². The first-order chi connectivity index (χ1) is 12.9. The standard InChI is InChI=1S/C15H16N4O6S2/c20-15(17-16-10-12-3-4-13(25-12)19(21)22)11-5-7-18(8-6-11)27(23,24)14-2-1-9-26-14/h1-4,9-11H,5-8H2,(H,17,20). The quantitative estimate of drug-likeness (QED) is 0.437. The van der Waals surface area contributed by atoms with Crippen LogP contribution < -0.4 is 5.43 Å². The molecule has 1 fully saturated rings. The highest BCUT2D eigenvalue weighted by Gasteiger charge is 2.32. The van der Waals surface area contributed by atoms with E-state index in [-0.39, 0.29) is 30.7 Å². The molecule has 0 aromatic carbocycles. The number of nitro groups is 1. The summed E-state index contributed by atoms with van der Waals surface area (Å²) in [5.74, 6) is -0.968. The first-order valence-corrected chi connectivity index (χ1v) is 10.3. The van der Waals surface area contributed by atoms with E-state index in [1.165, 1.54) is 22.7 Å². The van der Waals surface area contributed by atoms with E-state index < -0.39 is 20.8 Å². The van der Waals surface area contributed by atoms with Crippen LogP contribution in [0, 0.1) is 16.0 Å². The predicted octanol–water partition coefficient (Wildman–Crippen LogP) is 1.80. The molecule has 144 valence electrons. The Morgan fingerprint density at radius 2 is 2.11 bits per heavy atom. The summed E-state index contributed by atoms with van der Waals surface area (Å²) in [6, 6.07) is 5.80. The van der Waals surface area contributed by atoms with Crippen molar-refractivity contribution in [1.29, 1.82) is 0 Å². The number of piperidine rings is 1. The van der Waals surface area contributed by atoms with Gasteiger partial charge in [0, 0.05) is 19.0 Å². The Balaban J connectivity index is 1.51. The Kier molecular flexibility index (Phi) is 5.68. The van der Waals surface area contributed by atoms with Crippen LogP contribution in [0.25, 0.3) is 0 Å². The third-order valence-corrected chi connectivity index (χ3v) is 7.34. The highest BCUT2D eigenvalue weighted by atomic mass is 32.2. The van der Waals surface area contributed by atoms with Gasteiger partial charge in [0.2, 0.25) is 5.91 Å². The molecule has 0 unspecified atom stereocenters. The number of thiophene rings is 1. The molecule has 1 N–H and O–H groups in total. The molecule has 12 heteroatoms. The fraction of sp³-hybridized carbons (Fsp3) is 0.333. The van der Waals surface area contributed by atoms with Gasteiger partial charge in [0.25, 0.3) is 10.0 Å². The summed E-state index contributed by atoms with van der Waals surface area (Å²) in [7, 11) is -3.50. The van der Waals surface area contributed by atoms with Crippen molar-refractivity contribution < 1.29 is 22.6 Å². The molecule has 27 heavy (non-hydrogen) atoms. The Morgan fingerprint density at radius 1 is 1.37 bits per heavy atom. The van der Waals surface area contributed by atoms with Crippen molar-refractivity contribution in [2.75, 3.05) is 13.1 Å². The van der Waals surface area contributed by atoms with Gasteiger partial charge in [-0.15, -0.1) is 11.3 Å². The highest BCUT2D eigenvalue weighted by Crippen LogP contribution is 2.26. The second-order valence-electron chi connectivity index (χ2n) is 5.78. The molecule has 0 aliphatic carbocycles. The Labute approximate surface area is 158 Å². The summed E-state index contributed by atoms with van der Waals surface area (Å²) < 4.78 is 31.5. The topological polar surface area (TPSA) is 135 Å². The summed E-state index contributed by atoms with van der Waals surface area (Å²) in [5, 5.41) is 16.0. The van der Waals surface area contributed by atoms with E-state index in [0.29, 0.717) is 17.1 Å². The molecule has 0 spiro atoms. The van der Waals surface area contributed by atoms with Crippen LogP contribution >= 0.6 is 11.3 Å². The number of carbonyl (C=O) groups excluding carboxylic acids is 1. The van der Waals surface area contributed by atoms with Crippen molar-refractivity contribution in [2.24, 2.45) is 11.0 Å². The number of nitrogens with zero attached hydrogens (tertiary/aromatic N) is 3. The lowest BCUT2D eigenvalue weighted by Crippen LogP contribution is -2.42. The van der Waals surface area contributed by atoms with Gasteiger partial charge in [0.15, 0.2) is 5.76 Å². The van der Waals surface area contributed by atoms with E-state index >= 15 is 0 Å². The van der Waals surface area contributed by atoms with Gasteiger partial charge in [-0.25, -0.2) is 13.8 Å². The van der Waals surface area contributed by atoms with Gasteiger partial charge in [-0.05, 0) is 30.4 Å². The summed E-state index contributed by atoms with van der Waals surface area (Å²) in [5.41, 5.74) is 2.36. The van der Waals surface area contributed by atoms with Crippen LogP contribution in [0.4, 0.5) is 5.88 Å². The molecule has 0 saturated carbocycles. The SMILES string of the molecule is O=C(NN=Cc1ccc([N+](=O)[O-])o1)C1CCN(S(=O)(=O)c2cccs2)CC1. The molecule has 0 radical (unpaired) electrons. The number of nitrogens with one attached hydrogen (secondary N) is 1. The van der Waals surface area contributed by atoms with Crippen LogP contribution in [0.15, 0.2) is 43.4 Å². The van der Waals surface area contributed by atoms with Crippen LogP contribution in [0.3, 0.4) is 0 Å².